The fourth-order valence-corrected chi connectivity index (χ4v) is 1.36. The minimum atomic E-state index is -0.686. The molecule has 0 saturated carbocycles. The van der Waals surface area contributed by atoms with Gasteiger partial charge in [0.1, 0.15) is 5.60 Å². The minimum Gasteiger partial charge on any atom is -0.482 e. The molecular formula is C10H12Cl2O2. The van der Waals surface area contributed by atoms with Gasteiger partial charge < -0.3 is 9.84 Å². The Hall–Kier alpha value is -0.440. The Labute approximate surface area is 93.4 Å². The zero-order chi connectivity index (χ0) is 10.8. The van der Waals surface area contributed by atoms with Gasteiger partial charge in [0, 0.05) is 0 Å². The molecular weight excluding hydrogens is 223 g/mol. The van der Waals surface area contributed by atoms with Crippen molar-refractivity contribution in [2.75, 3.05) is 6.61 Å². The van der Waals surface area contributed by atoms with Crippen LogP contribution in [0.2, 0.25) is 10.0 Å². The second kappa shape index (κ2) is 4.39. The van der Waals surface area contributed by atoms with E-state index >= 15 is 0 Å². The van der Waals surface area contributed by atoms with Crippen molar-refractivity contribution in [3.8, 4) is 5.75 Å². The summed E-state index contributed by atoms with van der Waals surface area (Å²) in [7, 11) is 0. The normalized spacial score (nSPS) is 11.5. The van der Waals surface area contributed by atoms with Crippen molar-refractivity contribution in [3.05, 3.63) is 28.2 Å². The first-order chi connectivity index (χ1) is 6.46. The lowest BCUT2D eigenvalue weighted by Crippen LogP contribution is -2.32. The van der Waals surface area contributed by atoms with Crippen LogP contribution in [-0.2, 0) is 0 Å². The molecule has 0 atom stereocenters. The van der Waals surface area contributed by atoms with E-state index in [1.54, 1.807) is 32.0 Å². The highest BCUT2D eigenvalue weighted by Crippen LogP contribution is 2.34. The summed E-state index contributed by atoms with van der Waals surface area (Å²) in [6.07, 6.45) is 0. The van der Waals surface area contributed by atoms with Gasteiger partial charge in [-0.15, -0.1) is 0 Å². The van der Waals surface area contributed by atoms with E-state index in [9.17, 15) is 0 Å². The molecule has 14 heavy (non-hydrogen) atoms. The molecule has 1 aromatic carbocycles. The third-order valence-corrected chi connectivity index (χ3v) is 2.27. The van der Waals surface area contributed by atoms with Gasteiger partial charge in [0.2, 0.25) is 0 Å². The lowest BCUT2D eigenvalue weighted by Gasteiger charge is -2.25. The topological polar surface area (TPSA) is 29.5 Å². The van der Waals surface area contributed by atoms with Crippen LogP contribution in [-0.4, -0.2) is 17.3 Å². The largest absolute Gasteiger partial charge is 0.482 e. The molecule has 4 heteroatoms. The van der Waals surface area contributed by atoms with Gasteiger partial charge in [-0.25, -0.2) is 0 Å². The number of para-hydroxylation sites is 1. The smallest absolute Gasteiger partial charge is 0.157 e. The van der Waals surface area contributed by atoms with Gasteiger partial charge in [0.05, 0.1) is 16.7 Å². The SMILES string of the molecule is CC(C)(CO)Oc1c(Cl)cccc1Cl. The zero-order valence-corrected chi connectivity index (χ0v) is 9.56. The molecule has 0 heterocycles. The Morgan fingerprint density at radius 3 is 2.21 bits per heavy atom. The monoisotopic (exact) mass is 234 g/mol. The standard InChI is InChI=1S/C10H12Cl2O2/c1-10(2,6-13)14-9-7(11)4-3-5-8(9)12/h3-5,13H,6H2,1-2H3. The van der Waals surface area contributed by atoms with Crippen LogP contribution in [0.5, 0.6) is 5.75 Å². The summed E-state index contributed by atoms with van der Waals surface area (Å²) in [5.74, 6) is 0.412. The third kappa shape index (κ3) is 2.77. The Morgan fingerprint density at radius 2 is 1.79 bits per heavy atom. The number of rotatable bonds is 3. The van der Waals surface area contributed by atoms with E-state index in [2.05, 4.69) is 0 Å². The minimum absolute atomic E-state index is 0.103. The Morgan fingerprint density at radius 1 is 1.29 bits per heavy atom. The highest BCUT2D eigenvalue weighted by molar-refractivity contribution is 6.37. The van der Waals surface area contributed by atoms with Gasteiger partial charge in [-0.3, -0.25) is 0 Å². The average molecular weight is 235 g/mol. The molecule has 0 aliphatic carbocycles. The average Bonchev–Trinajstić information content (AvgIpc) is 2.12. The van der Waals surface area contributed by atoms with E-state index in [4.69, 9.17) is 33.0 Å². The molecule has 0 radical (unpaired) electrons. The van der Waals surface area contributed by atoms with Gasteiger partial charge in [-0.2, -0.15) is 0 Å². The summed E-state index contributed by atoms with van der Waals surface area (Å²) in [6, 6.07) is 5.12. The van der Waals surface area contributed by atoms with Gasteiger partial charge in [-0.05, 0) is 26.0 Å². The van der Waals surface area contributed by atoms with Crippen LogP contribution in [0.3, 0.4) is 0 Å². The molecule has 2 nitrogen and oxygen atoms in total. The van der Waals surface area contributed by atoms with E-state index < -0.39 is 5.60 Å². The van der Waals surface area contributed by atoms with Crippen molar-refractivity contribution in [1.82, 2.24) is 0 Å². The molecule has 0 aromatic heterocycles. The Bertz CT molecular complexity index is 304. The fourth-order valence-electron chi connectivity index (χ4n) is 0.889. The van der Waals surface area contributed by atoms with Crippen LogP contribution < -0.4 is 4.74 Å². The number of aliphatic hydroxyl groups is 1. The maximum Gasteiger partial charge on any atom is 0.157 e. The van der Waals surface area contributed by atoms with Crippen LogP contribution in [0.1, 0.15) is 13.8 Å². The quantitative estimate of drug-likeness (QED) is 0.871. The van der Waals surface area contributed by atoms with Gasteiger partial charge in [0.25, 0.3) is 0 Å². The van der Waals surface area contributed by atoms with Crippen LogP contribution in [0, 0.1) is 0 Å². The third-order valence-electron chi connectivity index (χ3n) is 1.68. The summed E-state index contributed by atoms with van der Waals surface area (Å²) in [5, 5.41) is 9.91. The van der Waals surface area contributed by atoms with Gasteiger partial charge >= 0.3 is 0 Å². The zero-order valence-electron chi connectivity index (χ0n) is 8.05. The lowest BCUT2D eigenvalue weighted by atomic mass is 10.1. The molecule has 78 valence electrons. The summed E-state index contributed by atoms with van der Waals surface area (Å²) >= 11 is 11.8. The predicted molar refractivity (Wildman–Crippen MR) is 58.3 cm³/mol. The number of halogens is 2. The van der Waals surface area contributed by atoms with Crippen molar-refractivity contribution in [1.29, 1.82) is 0 Å². The molecule has 1 rings (SSSR count). The number of ether oxygens (including phenoxy) is 1. The molecule has 0 amide bonds. The van der Waals surface area contributed by atoms with Gasteiger partial charge in [-0.1, -0.05) is 29.3 Å². The number of benzene rings is 1. The van der Waals surface area contributed by atoms with Crippen LogP contribution in [0.25, 0.3) is 0 Å². The lowest BCUT2D eigenvalue weighted by molar-refractivity contribution is 0.0414. The first kappa shape index (κ1) is 11.6. The van der Waals surface area contributed by atoms with Crippen molar-refractivity contribution >= 4 is 23.2 Å². The molecule has 1 N–H and O–H groups in total. The van der Waals surface area contributed by atoms with E-state index in [0.717, 1.165) is 0 Å². The van der Waals surface area contributed by atoms with Crippen molar-refractivity contribution < 1.29 is 9.84 Å². The molecule has 0 unspecified atom stereocenters. The first-order valence-electron chi connectivity index (χ1n) is 4.20. The predicted octanol–water partition coefficient (Wildman–Crippen LogP) is 3.14. The highest BCUT2D eigenvalue weighted by Gasteiger charge is 2.21. The second-order valence-corrected chi connectivity index (χ2v) is 4.39. The fraction of sp³-hybridized carbons (Fsp3) is 0.400. The van der Waals surface area contributed by atoms with E-state index in [1.807, 2.05) is 0 Å². The number of aliphatic hydroxyl groups excluding tert-OH is 1. The van der Waals surface area contributed by atoms with E-state index in [0.29, 0.717) is 15.8 Å². The van der Waals surface area contributed by atoms with Crippen molar-refractivity contribution in [2.45, 2.75) is 19.4 Å². The maximum atomic E-state index is 9.03. The first-order valence-corrected chi connectivity index (χ1v) is 4.96. The van der Waals surface area contributed by atoms with Crippen molar-refractivity contribution in [3.63, 3.8) is 0 Å². The van der Waals surface area contributed by atoms with Gasteiger partial charge in [0.15, 0.2) is 5.75 Å². The van der Waals surface area contributed by atoms with Crippen molar-refractivity contribution in [2.24, 2.45) is 0 Å². The summed E-state index contributed by atoms with van der Waals surface area (Å²) in [6.45, 7) is 3.41. The number of hydrogen-bond acceptors (Lipinski definition) is 2. The highest BCUT2D eigenvalue weighted by atomic mass is 35.5. The molecule has 0 saturated heterocycles. The van der Waals surface area contributed by atoms with Crippen LogP contribution >= 0.6 is 23.2 Å². The summed E-state index contributed by atoms with van der Waals surface area (Å²) < 4.78 is 5.50. The molecule has 0 aliphatic heterocycles. The second-order valence-electron chi connectivity index (χ2n) is 3.57. The van der Waals surface area contributed by atoms with E-state index in [1.165, 1.54) is 0 Å². The Kier molecular flexibility index (Phi) is 3.65. The summed E-state index contributed by atoms with van der Waals surface area (Å²) in [4.78, 5) is 0. The molecule has 1 aromatic rings. The molecule has 0 spiro atoms. The van der Waals surface area contributed by atoms with Crippen LogP contribution in [0.4, 0.5) is 0 Å². The number of hydrogen-bond donors (Lipinski definition) is 1. The van der Waals surface area contributed by atoms with Crippen LogP contribution in [0.15, 0.2) is 18.2 Å². The Balaban J connectivity index is 2.97. The maximum absolute atomic E-state index is 9.03. The van der Waals surface area contributed by atoms with E-state index in [-0.39, 0.29) is 6.61 Å². The molecule has 0 aliphatic rings. The molecule has 0 fully saturated rings. The molecule has 0 bridgehead atoms. The summed E-state index contributed by atoms with van der Waals surface area (Å²) in [5.41, 5.74) is -0.686.